The van der Waals surface area contributed by atoms with E-state index < -0.39 is 0 Å². The Morgan fingerprint density at radius 1 is 1.67 bits per heavy atom. The summed E-state index contributed by atoms with van der Waals surface area (Å²) in [7, 11) is 0. The van der Waals surface area contributed by atoms with Crippen LogP contribution in [0, 0.1) is 5.92 Å². The molecule has 0 spiro atoms. The van der Waals surface area contributed by atoms with E-state index in [1.54, 1.807) is 0 Å². The number of hydrogen-bond acceptors (Lipinski definition) is 1. The molecule has 9 heavy (non-hydrogen) atoms. The molecular weight excluding hydrogens is 112 g/mol. The third-order valence-electron chi connectivity index (χ3n) is 1.42. The molecular formula is C8H16O. The highest BCUT2D eigenvalue weighted by molar-refractivity contribution is 4.69. The molecule has 0 aromatic carbocycles. The molecule has 0 saturated carbocycles. The Kier molecular flexibility index (Phi) is 5.64. The van der Waals surface area contributed by atoms with E-state index in [1.807, 2.05) is 6.08 Å². The van der Waals surface area contributed by atoms with Gasteiger partial charge in [-0.1, -0.05) is 13.0 Å². The summed E-state index contributed by atoms with van der Waals surface area (Å²) >= 11 is 0. The van der Waals surface area contributed by atoms with Gasteiger partial charge in [0.05, 0.1) is 0 Å². The van der Waals surface area contributed by atoms with E-state index in [4.69, 9.17) is 5.11 Å². The Labute approximate surface area is 57.4 Å². The van der Waals surface area contributed by atoms with Gasteiger partial charge in [0.15, 0.2) is 0 Å². The van der Waals surface area contributed by atoms with Gasteiger partial charge in [0.2, 0.25) is 0 Å². The lowest BCUT2D eigenvalue weighted by Crippen LogP contribution is -1.93. The van der Waals surface area contributed by atoms with Crippen LogP contribution in [0.15, 0.2) is 12.7 Å². The van der Waals surface area contributed by atoms with E-state index in [-0.39, 0.29) is 0 Å². The monoisotopic (exact) mass is 128 g/mol. The quantitative estimate of drug-likeness (QED) is 0.561. The topological polar surface area (TPSA) is 20.2 Å². The molecule has 0 heterocycles. The first-order valence-electron chi connectivity index (χ1n) is 3.53. The largest absolute Gasteiger partial charge is 0.396 e. The van der Waals surface area contributed by atoms with Crippen LogP contribution in [0.25, 0.3) is 0 Å². The molecule has 0 aliphatic carbocycles. The second-order valence-electron chi connectivity index (χ2n) is 2.50. The van der Waals surface area contributed by atoms with Gasteiger partial charge in [0, 0.05) is 6.61 Å². The molecule has 1 atom stereocenters. The van der Waals surface area contributed by atoms with Crippen molar-refractivity contribution in [1.29, 1.82) is 0 Å². The van der Waals surface area contributed by atoms with Gasteiger partial charge in [0.1, 0.15) is 0 Å². The van der Waals surface area contributed by atoms with Gasteiger partial charge in [0.25, 0.3) is 0 Å². The summed E-state index contributed by atoms with van der Waals surface area (Å²) in [5.74, 6) is 0.689. The number of allylic oxidation sites excluding steroid dienone is 1. The van der Waals surface area contributed by atoms with Crippen molar-refractivity contribution >= 4 is 0 Å². The lowest BCUT2D eigenvalue weighted by molar-refractivity contribution is 0.274. The van der Waals surface area contributed by atoms with Gasteiger partial charge in [-0.25, -0.2) is 0 Å². The Bertz CT molecular complexity index is 69.0. The molecule has 0 aliphatic rings. The molecule has 1 nitrogen and oxygen atoms in total. The minimum atomic E-state index is 0.321. The van der Waals surface area contributed by atoms with Gasteiger partial charge in [-0.05, 0) is 25.2 Å². The van der Waals surface area contributed by atoms with Crippen LogP contribution in [0.4, 0.5) is 0 Å². The van der Waals surface area contributed by atoms with Crippen molar-refractivity contribution in [2.24, 2.45) is 5.92 Å². The van der Waals surface area contributed by atoms with Crippen molar-refractivity contribution in [3.8, 4) is 0 Å². The predicted molar refractivity (Wildman–Crippen MR) is 40.3 cm³/mol. The summed E-state index contributed by atoms with van der Waals surface area (Å²) in [6, 6.07) is 0. The SMILES string of the molecule is C=CCC(C)CCCO. The molecule has 54 valence electrons. The van der Waals surface area contributed by atoms with Crippen LogP contribution >= 0.6 is 0 Å². The Morgan fingerprint density at radius 2 is 2.33 bits per heavy atom. The lowest BCUT2D eigenvalue weighted by atomic mass is 10.0. The Morgan fingerprint density at radius 3 is 2.78 bits per heavy atom. The lowest BCUT2D eigenvalue weighted by Gasteiger charge is -2.04. The first-order chi connectivity index (χ1) is 4.31. The van der Waals surface area contributed by atoms with E-state index >= 15 is 0 Å². The van der Waals surface area contributed by atoms with Crippen LogP contribution < -0.4 is 0 Å². The highest BCUT2D eigenvalue weighted by atomic mass is 16.2. The number of hydrogen-bond donors (Lipinski definition) is 1. The van der Waals surface area contributed by atoms with Crippen molar-refractivity contribution in [2.75, 3.05) is 6.61 Å². The van der Waals surface area contributed by atoms with Crippen LogP contribution in [-0.4, -0.2) is 11.7 Å². The minimum Gasteiger partial charge on any atom is -0.396 e. The van der Waals surface area contributed by atoms with Crippen molar-refractivity contribution in [2.45, 2.75) is 26.2 Å². The molecule has 0 saturated heterocycles. The molecule has 0 rings (SSSR count). The average Bonchev–Trinajstić information content (AvgIpc) is 1.85. The average molecular weight is 128 g/mol. The molecule has 1 heteroatoms. The Balaban J connectivity index is 3.04. The number of rotatable bonds is 5. The molecule has 1 unspecified atom stereocenters. The molecule has 0 fully saturated rings. The molecule has 1 N–H and O–H groups in total. The zero-order chi connectivity index (χ0) is 7.11. The zero-order valence-corrected chi connectivity index (χ0v) is 6.14. The van der Waals surface area contributed by atoms with Crippen molar-refractivity contribution in [3.05, 3.63) is 12.7 Å². The fourth-order valence-corrected chi connectivity index (χ4v) is 0.842. The summed E-state index contributed by atoms with van der Waals surface area (Å²) in [6.07, 6.45) is 5.04. The molecule has 0 bridgehead atoms. The molecule has 0 aliphatic heterocycles. The molecule has 0 amide bonds. The normalized spacial score (nSPS) is 13.1. The van der Waals surface area contributed by atoms with Crippen LogP contribution in [0.3, 0.4) is 0 Å². The maximum absolute atomic E-state index is 8.46. The van der Waals surface area contributed by atoms with Crippen LogP contribution in [-0.2, 0) is 0 Å². The standard InChI is InChI=1S/C8H16O/c1-3-5-8(2)6-4-7-9/h3,8-9H,1,4-7H2,2H3. The van der Waals surface area contributed by atoms with Crippen molar-refractivity contribution < 1.29 is 5.11 Å². The maximum atomic E-state index is 8.46. The maximum Gasteiger partial charge on any atom is 0.0431 e. The number of aliphatic hydroxyl groups excluding tert-OH is 1. The van der Waals surface area contributed by atoms with E-state index in [1.165, 1.54) is 0 Å². The summed E-state index contributed by atoms with van der Waals surface area (Å²) in [6.45, 7) is 6.15. The van der Waals surface area contributed by atoms with Gasteiger partial charge < -0.3 is 5.11 Å². The minimum absolute atomic E-state index is 0.321. The van der Waals surface area contributed by atoms with Crippen LogP contribution in [0.2, 0.25) is 0 Å². The smallest absolute Gasteiger partial charge is 0.0431 e. The van der Waals surface area contributed by atoms with E-state index in [0.29, 0.717) is 12.5 Å². The molecule has 0 radical (unpaired) electrons. The molecule has 0 aromatic rings. The van der Waals surface area contributed by atoms with Gasteiger partial charge in [-0.15, -0.1) is 6.58 Å². The second-order valence-corrected chi connectivity index (χ2v) is 2.50. The summed E-state index contributed by atoms with van der Waals surface area (Å²) in [4.78, 5) is 0. The van der Waals surface area contributed by atoms with Crippen LogP contribution in [0.5, 0.6) is 0 Å². The summed E-state index contributed by atoms with van der Waals surface area (Å²) in [5.41, 5.74) is 0. The van der Waals surface area contributed by atoms with Crippen molar-refractivity contribution in [3.63, 3.8) is 0 Å². The highest BCUT2D eigenvalue weighted by Gasteiger charge is 1.96. The van der Waals surface area contributed by atoms with E-state index in [0.717, 1.165) is 19.3 Å². The predicted octanol–water partition coefficient (Wildman–Crippen LogP) is 1.97. The van der Waals surface area contributed by atoms with Gasteiger partial charge in [-0.2, -0.15) is 0 Å². The second kappa shape index (κ2) is 5.83. The third kappa shape index (κ3) is 5.57. The summed E-state index contributed by atoms with van der Waals surface area (Å²) < 4.78 is 0. The Hall–Kier alpha value is -0.300. The van der Waals surface area contributed by atoms with E-state index in [9.17, 15) is 0 Å². The first-order valence-corrected chi connectivity index (χ1v) is 3.53. The number of aliphatic hydroxyl groups is 1. The van der Waals surface area contributed by atoms with Crippen LogP contribution in [0.1, 0.15) is 26.2 Å². The van der Waals surface area contributed by atoms with Gasteiger partial charge >= 0.3 is 0 Å². The molecule has 0 aromatic heterocycles. The fourth-order valence-electron chi connectivity index (χ4n) is 0.842. The van der Waals surface area contributed by atoms with Crippen molar-refractivity contribution in [1.82, 2.24) is 0 Å². The highest BCUT2D eigenvalue weighted by Crippen LogP contribution is 2.09. The van der Waals surface area contributed by atoms with E-state index in [2.05, 4.69) is 13.5 Å². The third-order valence-corrected chi connectivity index (χ3v) is 1.42. The first kappa shape index (κ1) is 8.70. The fraction of sp³-hybridized carbons (Fsp3) is 0.750. The zero-order valence-electron chi connectivity index (χ0n) is 6.14. The summed E-state index contributed by atoms with van der Waals surface area (Å²) in [5, 5.41) is 8.46. The van der Waals surface area contributed by atoms with Gasteiger partial charge in [-0.3, -0.25) is 0 Å².